The number of benzene rings is 1. The molecule has 3 nitrogen and oxygen atoms in total. The number of nitrogens with one attached hydrogen (secondary N) is 1. The summed E-state index contributed by atoms with van der Waals surface area (Å²) < 4.78 is 0.968. The van der Waals surface area contributed by atoms with Gasteiger partial charge in [-0.05, 0) is 31.0 Å². The highest BCUT2D eigenvalue weighted by Crippen LogP contribution is 2.31. The molecule has 1 aromatic carbocycles. The minimum Gasteiger partial charge on any atom is -0.508 e. The van der Waals surface area contributed by atoms with Gasteiger partial charge in [-0.15, -0.1) is 0 Å². The van der Waals surface area contributed by atoms with E-state index in [9.17, 15) is 5.11 Å². The maximum atomic E-state index is 9.99. The smallest absolute Gasteiger partial charge is 0.120 e. The van der Waals surface area contributed by atoms with Gasteiger partial charge in [-0.25, -0.2) is 0 Å². The van der Waals surface area contributed by atoms with E-state index in [1.54, 1.807) is 6.07 Å². The van der Waals surface area contributed by atoms with Gasteiger partial charge in [0.25, 0.3) is 0 Å². The molecule has 0 aromatic heterocycles. The fourth-order valence-corrected chi connectivity index (χ4v) is 2.90. The van der Waals surface area contributed by atoms with Gasteiger partial charge in [-0.1, -0.05) is 35.0 Å². The molecule has 2 rings (SSSR count). The summed E-state index contributed by atoms with van der Waals surface area (Å²) in [6.45, 7) is 2.30. The molecule has 1 aliphatic rings. The van der Waals surface area contributed by atoms with Crippen LogP contribution in [0.15, 0.2) is 34.8 Å². The highest BCUT2D eigenvalue weighted by molar-refractivity contribution is 9.10. The van der Waals surface area contributed by atoms with Crippen LogP contribution >= 0.6 is 15.9 Å². The van der Waals surface area contributed by atoms with Gasteiger partial charge in [0.2, 0.25) is 0 Å². The summed E-state index contributed by atoms with van der Waals surface area (Å²) in [4.78, 5) is 0. The molecule has 3 atom stereocenters. The number of aliphatic hydroxyl groups is 1. The number of halogens is 1. The van der Waals surface area contributed by atoms with Gasteiger partial charge < -0.3 is 15.5 Å². The van der Waals surface area contributed by atoms with Crippen molar-refractivity contribution in [2.75, 3.05) is 6.61 Å². The van der Waals surface area contributed by atoms with Crippen molar-refractivity contribution in [2.24, 2.45) is 5.92 Å². The Morgan fingerprint density at radius 1 is 1.42 bits per heavy atom. The molecule has 104 valence electrons. The van der Waals surface area contributed by atoms with Crippen molar-refractivity contribution < 1.29 is 10.2 Å². The zero-order valence-electron chi connectivity index (χ0n) is 11.0. The molecule has 0 saturated heterocycles. The second-order valence-corrected chi connectivity index (χ2v) is 5.92. The van der Waals surface area contributed by atoms with Gasteiger partial charge in [0, 0.05) is 34.6 Å². The first-order valence-electron chi connectivity index (χ1n) is 6.67. The Morgan fingerprint density at radius 2 is 2.21 bits per heavy atom. The molecule has 0 bridgehead atoms. The average Bonchev–Trinajstić information content (AvgIpc) is 2.87. The number of phenolic OH excluding ortho intramolecular Hbond substituents is 1. The molecule has 0 aliphatic heterocycles. The molecule has 0 fully saturated rings. The highest BCUT2D eigenvalue weighted by Gasteiger charge is 2.22. The average molecular weight is 326 g/mol. The fourth-order valence-electron chi connectivity index (χ4n) is 2.52. The Kier molecular flexibility index (Phi) is 5.02. The summed E-state index contributed by atoms with van der Waals surface area (Å²) in [5, 5.41) is 22.7. The molecule has 0 unspecified atom stereocenters. The first-order valence-corrected chi connectivity index (χ1v) is 7.47. The second kappa shape index (κ2) is 6.55. The molecule has 0 saturated carbocycles. The predicted octanol–water partition coefficient (Wildman–Crippen LogP) is 3.13. The van der Waals surface area contributed by atoms with Gasteiger partial charge in [0.15, 0.2) is 0 Å². The summed E-state index contributed by atoms with van der Waals surface area (Å²) >= 11 is 3.44. The summed E-state index contributed by atoms with van der Waals surface area (Å²) in [5.41, 5.74) is 0.915. The quantitative estimate of drug-likeness (QED) is 0.729. The fraction of sp³-hybridized carbons (Fsp3) is 0.467. The zero-order valence-corrected chi connectivity index (χ0v) is 12.6. The second-order valence-electron chi connectivity index (χ2n) is 5.00. The Labute approximate surface area is 122 Å². The summed E-state index contributed by atoms with van der Waals surface area (Å²) in [7, 11) is 0. The number of hydrogen-bond acceptors (Lipinski definition) is 3. The number of aliphatic hydroxyl groups excluding tert-OH is 1. The van der Waals surface area contributed by atoms with Gasteiger partial charge in [-0.2, -0.15) is 0 Å². The molecule has 0 heterocycles. The number of hydrogen-bond donors (Lipinski definition) is 3. The summed E-state index contributed by atoms with van der Waals surface area (Å²) in [6.07, 6.45) is 5.99. The van der Waals surface area contributed by atoms with E-state index in [0.717, 1.165) is 22.9 Å². The van der Waals surface area contributed by atoms with Crippen LogP contribution in [-0.4, -0.2) is 22.9 Å². The van der Waals surface area contributed by atoms with Crippen LogP contribution in [0, 0.1) is 5.92 Å². The number of phenols is 1. The van der Waals surface area contributed by atoms with Crippen LogP contribution in [0.1, 0.15) is 31.4 Å². The third kappa shape index (κ3) is 3.59. The molecule has 1 aliphatic carbocycles. The third-order valence-electron chi connectivity index (χ3n) is 3.60. The van der Waals surface area contributed by atoms with E-state index in [1.165, 1.54) is 0 Å². The molecule has 0 spiro atoms. The number of rotatable bonds is 5. The van der Waals surface area contributed by atoms with E-state index in [0.29, 0.717) is 5.75 Å². The van der Waals surface area contributed by atoms with E-state index in [2.05, 4.69) is 40.3 Å². The van der Waals surface area contributed by atoms with Crippen molar-refractivity contribution in [3.05, 3.63) is 40.4 Å². The van der Waals surface area contributed by atoms with Crippen molar-refractivity contribution in [1.82, 2.24) is 5.32 Å². The molecular weight excluding hydrogens is 306 g/mol. The van der Waals surface area contributed by atoms with Crippen LogP contribution in [0.3, 0.4) is 0 Å². The van der Waals surface area contributed by atoms with Crippen LogP contribution in [0.2, 0.25) is 0 Å². The highest BCUT2D eigenvalue weighted by atomic mass is 79.9. The monoisotopic (exact) mass is 325 g/mol. The van der Waals surface area contributed by atoms with Gasteiger partial charge in [0.1, 0.15) is 5.75 Å². The molecular formula is C15H20BrNO2. The zero-order chi connectivity index (χ0) is 13.8. The maximum absolute atomic E-state index is 9.99. The SMILES string of the molecule is CC[C@@H](N[C@@H]1C=C[C@H](CO)C1)c1cc(Br)ccc1O. The van der Waals surface area contributed by atoms with E-state index >= 15 is 0 Å². The lowest BCUT2D eigenvalue weighted by Crippen LogP contribution is -2.30. The number of aromatic hydroxyl groups is 1. The van der Waals surface area contributed by atoms with Crippen molar-refractivity contribution in [3.63, 3.8) is 0 Å². The minimum atomic E-state index is 0.115. The molecule has 4 heteroatoms. The molecule has 1 aromatic rings. The van der Waals surface area contributed by atoms with Crippen molar-refractivity contribution in [1.29, 1.82) is 0 Å². The lowest BCUT2D eigenvalue weighted by Gasteiger charge is -2.23. The van der Waals surface area contributed by atoms with Crippen molar-refractivity contribution in [2.45, 2.75) is 31.8 Å². The van der Waals surface area contributed by atoms with Gasteiger partial charge in [0.05, 0.1) is 0 Å². The normalized spacial score (nSPS) is 23.7. The molecule has 3 N–H and O–H groups in total. The Hall–Kier alpha value is -0.840. The van der Waals surface area contributed by atoms with Crippen LogP contribution in [-0.2, 0) is 0 Å². The third-order valence-corrected chi connectivity index (χ3v) is 4.09. The van der Waals surface area contributed by atoms with E-state index in [4.69, 9.17) is 5.11 Å². The van der Waals surface area contributed by atoms with Crippen molar-refractivity contribution >= 4 is 15.9 Å². The van der Waals surface area contributed by atoms with Crippen LogP contribution < -0.4 is 5.32 Å². The van der Waals surface area contributed by atoms with Crippen LogP contribution in [0.5, 0.6) is 5.75 Å². The first kappa shape index (κ1) is 14.6. The van der Waals surface area contributed by atoms with E-state index in [-0.39, 0.29) is 24.6 Å². The van der Waals surface area contributed by atoms with E-state index in [1.807, 2.05) is 12.1 Å². The summed E-state index contributed by atoms with van der Waals surface area (Å²) in [6, 6.07) is 5.89. The largest absolute Gasteiger partial charge is 0.508 e. The molecule has 0 amide bonds. The van der Waals surface area contributed by atoms with Gasteiger partial charge in [-0.3, -0.25) is 0 Å². The maximum Gasteiger partial charge on any atom is 0.120 e. The first-order chi connectivity index (χ1) is 9.13. The molecule has 0 radical (unpaired) electrons. The van der Waals surface area contributed by atoms with Gasteiger partial charge >= 0.3 is 0 Å². The molecule has 19 heavy (non-hydrogen) atoms. The topological polar surface area (TPSA) is 52.5 Å². The Balaban J connectivity index is 2.08. The van der Waals surface area contributed by atoms with E-state index < -0.39 is 0 Å². The Bertz CT molecular complexity index is 461. The predicted molar refractivity (Wildman–Crippen MR) is 80.1 cm³/mol. The Morgan fingerprint density at radius 3 is 2.84 bits per heavy atom. The van der Waals surface area contributed by atoms with Crippen LogP contribution in [0.4, 0.5) is 0 Å². The lowest BCUT2D eigenvalue weighted by atomic mass is 10.0. The van der Waals surface area contributed by atoms with Crippen LogP contribution in [0.25, 0.3) is 0 Å². The standard InChI is InChI=1S/C15H20BrNO2/c1-2-14(13-8-11(16)4-6-15(13)19)17-12-5-3-10(7-12)9-18/h3-6,8,10,12,14,17-19H,2,7,9H2,1H3/t10-,12+,14+/m0/s1. The summed E-state index contributed by atoms with van der Waals surface area (Å²) in [5.74, 6) is 0.578. The lowest BCUT2D eigenvalue weighted by molar-refractivity contribution is 0.244. The van der Waals surface area contributed by atoms with Crippen molar-refractivity contribution in [3.8, 4) is 5.75 Å². The minimum absolute atomic E-state index is 0.115.